The van der Waals surface area contributed by atoms with Gasteiger partial charge < -0.3 is 14.7 Å². The van der Waals surface area contributed by atoms with Gasteiger partial charge in [-0.2, -0.15) is 0 Å². The molecule has 0 radical (unpaired) electrons. The molecule has 3 rings (SSSR count). The molecule has 1 aromatic heterocycles. The molecule has 1 aliphatic heterocycles. The number of hydrogen-bond acceptors (Lipinski definition) is 5. The minimum absolute atomic E-state index is 0.106. The Hall–Kier alpha value is -2.18. The lowest BCUT2D eigenvalue weighted by molar-refractivity contribution is -0.0163. The predicted molar refractivity (Wildman–Crippen MR) is 98.4 cm³/mol. The average Bonchev–Trinajstić information content (AvgIpc) is 2.83. The molecule has 1 fully saturated rings. The highest BCUT2D eigenvalue weighted by Gasteiger charge is 2.32. The van der Waals surface area contributed by atoms with Gasteiger partial charge in [-0.3, -0.25) is 4.79 Å². The Morgan fingerprint density at radius 1 is 1.31 bits per heavy atom. The van der Waals surface area contributed by atoms with Gasteiger partial charge in [0.25, 0.3) is 5.91 Å². The van der Waals surface area contributed by atoms with Crippen molar-refractivity contribution in [3.8, 4) is 5.75 Å². The monoisotopic (exact) mass is 375 g/mol. The van der Waals surface area contributed by atoms with Gasteiger partial charge in [0.2, 0.25) is 0 Å². The summed E-state index contributed by atoms with van der Waals surface area (Å²) in [6, 6.07) is 7.10. The second-order valence-electron chi connectivity index (χ2n) is 6.64. The van der Waals surface area contributed by atoms with Crippen LogP contribution in [0, 0.1) is 6.92 Å². The average molecular weight is 376 g/mol. The minimum Gasteiger partial charge on any atom is -0.491 e. The zero-order chi connectivity index (χ0) is 18.6. The van der Waals surface area contributed by atoms with Crippen molar-refractivity contribution in [3.05, 3.63) is 53.1 Å². The molecule has 2 aromatic rings. The lowest BCUT2D eigenvalue weighted by Crippen LogP contribution is -2.38. The SMILES string of the molecule is Cc1ncc(C(=O)N2CCCC(O)(COc3cccc(Cl)c3)CC2)cn1. The molecule has 0 aliphatic carbocycles. The first-order valence-corrected chi connectivity index (χ1v) is 9.02. The topological polar surface area (TPSA) is 75.6 Å². The highest BCUT2D eigenvalue weighted by atomic mass is 35.5. The quantitative estimate of drug-likeness (QED) is 0.889. The summed E-state index contributed by atoms with van der Waals surface area (Å²) >= 11 is 5.95. The van der Waals surface area contributed by atoms with E-state index >= 15 is 0 Å². The lowest BCUT2D eigenvalue weighted by Gasteiger charge is -2.27. The number of aromatic nitrogens is 2. The van der Waals surface area contributed by atoms with Gasteiger partial charge >= 0.3 is 0 Å². The Bertz CT molecular complexity index is 769. The first-order valence-electron chi connectivity index (χ1n) is 8.64. The number of amides is 1. The Morgan fingerprint density at radius 3 is 2.81 bits per heavy atom. The lowest BCUT2D eigenvalue weighted by atomic mass is 9.96. The smallest absolute Gasteiger partial charge is 0.256 e. The maximum absolute atomic E-state index is 12.6. The van der Waals surface area contributed by atoms with Crippen LogP contribution in [-0.2, 0) is 0 Å². The summed E-state index contributed by atoms with van der Waals surface area (Å²) in [5, 5.41) is 11.5. The molecule has 26 heavy (non-hydrogen) atoms. The summed E-state index contributed by atoms with van der Waals surface area (Å²) < 4.78 is 5.72. The molecule has 2 heterocycles. The Kier molecular flexibility index (Phi) is 5.74. The molecule has 0 spiro atoms. The number of aryl methyl sites for hydroxylation is 1. The van der Waals surface area contributed by atoms with Crippen LogP contribution in [0.2, 0.25) is 5.02 Å². The van der Waals surface area contributed by atoms with Crippen molar-refractivity contribution in [3.63, 3.8) is 0 Å². The predicted octanol–water partition coefficient (Wildman–Crippen LogP) is 2.87. The third kappa shape index (κ3) is 4.71. The minimum atomic E-state index is -0.971. The fraction of sp³-hybridized carbons (Fsp3) is 0.421. The normalized spacial score (nSPS) is 20.5. The number of benzene rings is 1. The van der Waals surface area contributed by atoms with E-state index in [9.17, 15) is 9.90 Å². The van der Waals surface area contributed by atoms with Crippen LogP contribution in [-0.4, -0.2) is 51.2 Å². The van der Waals surface area contributed by atoms with Crippen LogP contribution in [0.3, 0.4) is 0 Å². The van der Waals surface area contributed by atoms with Gasteiger partial charge in [-0.25, -0.2) is 9.97 Å². The summed E-state index contributed by atoms with van der Waals surface area (Å²) in [5.41, 5.74) is -0.502. The maximum Gasteiger partial charge on any atom is 0.256 e. The zero-order valence-corrected chi connectivity index (χ0v) is 15.4. The summed E-state index contributed by atoms with van der Waals surface area (Å²) in [4.78, 5) is 22.5. The number of rotatable bonds is 4. The van der Waals surface area contributed by atoms with Crippen LogP contribution in [0.15, 0.2) is 36.7 Å². The Balaban J connectivity index is 1.59. The van der Waals surface area contributed by atoms with Gasteiger partial charge in [-0.15, -0.1) is 0 Å². The van der Waals surface area contributed by atoms with Gasteiger partial charge in [0.15, 0.2) is 0 Å². The van der Waals surface area contributed by atoms with E-state index in [0.29, 0.717) is 54.5 Å². The summed E-state index contributed by atoms with van der Waals surface area (Å²) in [6.07, 6.45) is 4.82. The third-order valence-corrected chi connectivity index (χ3v) is 4.77. The summed E-state index contributed by atoms with van der Waals surface area (Å²) in [6.45, 7) is 3.00. The zero-order valence-electron chi connectivity index (χ0n) is 14.7. The molecule has 1 saturated heterocycles. The number of carbonyl (C=O) groups excluding carboxylic acids is 1. The molecule has 0 saturated carbocycles. The molecule has 7 heteroatoms. The van der Waals surface area contributed by atoms with E-state index in [2.05, 4.69) is 9.97 Å². The van der Waals surface area contributed by atoms with Crippen LogP contribution >= 0.6 is 11.6 Å². The molecule has 138 valence electrons. The first-order chi connectivity index (χ1) is 12.5. The van der Waals surface area contributed by atoms with E-state index in [0.717, 1.165) is 0 Å². The standard InChI is InChI=1S/C19H22ClN3O3/c1-14-21-11-15(12-22-14)18(24)23-8-3-6-19(25,7-9-23)13-26-17-5-2-4-16(20)10-17/h2,4-5,10-12,25H,3,6-9,13H2,1H3. The Labute approximate surface area is 157 Å². The highest BCUT2D eigenvalue weighted by molar-refractivity contribution is 6.30. The van der Waals surface area contributed by atoms with Crippen LogP contribution in [0.5, 0.6) is 5.75 Å². The van der Waals surface area contributed by atoms with Crippen LogP contribution < -0.4 is 4.74 Å². The molecular weight excluding hydrogens is 354 g/mol. The maximum atomic E-state index is 12.6. The van der Waals surface area contributed by atoms with Gasteiger partial charge in [0.05, 0.1) is 5.56 Å². The number of ether oxygens (including phenoxy) is 1. The number of aliphatic hydroxyl groups is 1. The van der Waals surface area contributed by atoms with E-state index in [-0.39, 0.29) is 12.5 Å². The van der Waals surface area contributed by atoms with Crippen LogP contribution in [0.1, 0.15) is 35.4 Å². The van der Waals surface area contributed by atoms with Crippen molar-refractivity contribution in [2.75, 3.05) is 19.7 Å². The number of nitrogens with zero attached hydrogens (tertiary/aromatic N) is 3. The molecule has 1 unspecified atom stereocenters. The fourth-order valence-electron chi connectivity index (χ4n) is 2.99. The van der Waals surface area contributed by atoms with Gasteiger partial charge in [0, 0.05) is 30.5 Å². The number of hydrogen-bond donors (Lipinski definition) is 1. The van der Waals surface area contributed by atoms with Crippen LogP contribution in [0.4, 0.5) is 0 Å². The number of likely N-dealkylation sites (tertiary alicyclic amines) is 1. The first kappa shape index (κ1) is 18.6. The Morgan fingerprint density at radius 2 is 2.08 bits per heavy atom. The summed E-state index contributed by atoms with van der Waals surface area (Å²) in [7, 11) is 0. The molecule has 1 amide bonds. The molecule has 6 nitrogen and oxygen atoms in total. The van der Waals surface area contributed by atoms with Crippen LogP contribution in [0.25, 0.3) is 0 Å². The van der Waals surface area contributed by atoms with Gasteiger partial charge in [-0.05, 0) is 44.4 Å². The van der Waals surface area contributed by atoms with E-state index in [1.165, 1.54) is 0 Å². The van der Waals surface area contributed by atoms with Crippen molar-refractivity contribution >= 4 is 17.5 Å². The van der Waals surface area contributed by atoms with Crippen molar-refractivity contribution in [1.82, 2.24) is 14.9 Å². The van der Waals surface area contributed by atoms with E-state index in [1.807, 2.05) is 0 Å². The second kappa shape index (κ2) is 8.01. The number of carbonyl (C=O) groups is 1. The van der Waals surface area contributed by atoms with Gasteiger partial charge in [-0.1, -0.05) is 17.7 Å². The van der Waals surface area contributed by atoms with Crippen molar-refractivity contribution in [1.29, 1.82) is 0 Å². The van der Waals surface area contributed by atoms with Crippen molar-refractivity contribution in [2.45, 2.75) is 31.8 Å². The third-order valence-electron chi connectivity index (χ3n) is 4.54. The van der Waals surface area contributed by atoms with Crippen molar-refractivity contribution < 1.29 is 14.6 Å². The summed E-state index contributed by atoms with van der Waals surface area (Å²) in [5.74, 6) is 1.15. The largest absolute Gasteiger partial charge is 0.491 e. The molecular formula is C19H22ClN3O3. The molecule has 1 atom stereocenters. The van der Waals surface area contributed by atoms with E-state index < -0.39 is 5.60 Å². The van der Waals surface area contributed by atoms with E-state index in [4.69, 9.17) is 16.3 Å². The fourth-order valence-corrected chi connectivity index (χ4v) is 3.17. The number of halogens is 1. The molecule has 1 aliphatic rings. The molecule has 0 bridgehead atoms. The second-order valence-corrected chi connectivity index (χ2v) is 7.07. The molecule has 1 N–H and O–H groups in total. The van der Waals surface area contributed by atoms with E-state index in [1.54, 1.807) is 48.5 Å². The van der Waals surface area contributed by atoms with Crippen molar-refractivity contribution in [2.24, 2.45) is 0 Å². The highest BCUT2D eigenvalue weighted by Crippen LogP contribution is 2.25. The van der Waals surface area contributed by atoms with Gasteiger partial charge in [0.1, 0.15) is 23.8 Å². The molecule has 1 aromatic carbocycles.